The molecule has 0 saturated carbocycles. The number of fused-ring (bicyclic) bond motifs is 1. The van der Waals surface area contributed by atoms with Gasteiger partial charge in [0.15, 0.2) is 12.4 Å². The highest BCUT2D eigenvalue weighted by Gasteiger charge is 2.17. The summed E-state index contributed by atoms with van der Waals surface area (Å²) in [6, 6.07) is 6.88. The summed E-state index contributed by atoms with van der Waals surface area (Å²) in [6.07, 6.45) is 1.32. The summed E-state index contributed by atoms with van der Waals surface area (Å²) in [7, 11) is 0. The van der Waals surface area contributed by atoms with Crippen LogP contribution in [-0.4, -0.2) is 35.1 Å². The molecule has 1 heterocycles. The van der Waals surface area contributed by atoms with Crippen molar-refractivity contribution in [2.45, 2.75) is 6.92 Å². The van der Waals surface area contributed by atoms with Crippen LogP contribution in [0.3, 0.4) is 0 Å². The molecule has 6 nitrogen and oxygen atoms in total. The van der Waals surface area contributed by atoms with Gasteiger partial charge >= 0.3 is 5.97 Å². The van der Waals surface area contributed by atoms with Crippen LogP contribution < -0.4 is 10.1 Å². The third kappa shape index (κ3) is 2.85. The van der Waals surface area contributed by atoms with Crippen LogP contribution in [0.4, 0.5) is 0 Å². The van der Waals surface area contributed by atoms with Crippen molar-refractivity contribution in [2.24, 2.45) is 0 Å². The van der Waals surface area contributed by atoms with E-state index in [0.29, 0.717) is 17.4 Å². The second-order valence-corrected chi connectivity index (χ2v) is 4.06. The first-order chi connectivity index (χ1) is 9.63. The fourth-order valence-corrected chi connectivity index (χ4v) is 1.84. The summed E-state index contributed by atoms with van der Waals surface area (Å²) in [6.45, 7) is 2.04. The summed E-state index contributed by atoms with van der Waals surface area (Å²) in [5.74, 6) is -1.34. The Bertz CT molecular complexity index is 655. The average Bonchev–Trinajstić information content (AvgIpc) is 2.44. The summed E-state index contributed by atoms with van der Waals surface area (Å²) in [5.41, 5.74) is 0.579. The number of rotatable bonds is 5. The number of hydrogen-bond acceptors (Lipinski definition) is 4. The minimum Gasteiger partial charge on any atom is -0.481 e. The molecule has 20 heavy (non-hydrogen) atoms. The molecule has 1 aromatic heterocycles. The molecule has 104 valence electrons. The number of para-hydroxylation sites is 1. The molecule has 0 radical (unpaired) electrons. The SMILES string of the molecule is CCNC(=O)COc1cnc2ccccc2c1C(=O)O. The van der Waals surface area contributed by atoms with E-state index in [1.54, 1.807) is 31.2 Å². The van der Waals surface area contributed by atoms with Crippen molar-refractivity contribution in [3.8, 4) is 5.75 Å². The Morgan fingerprint density at radius 1 is 1.35 bits per heavy atom. The topological polar surface area (TPSA) is 88.5 Å². The Labute approximate surface area is 115 Å². The highest BCUT2D eigenvalue weighted by atomic mass is 16.5. The molecule has 2 aromatic rings. The minimum absolute atomic E-state index is 0.0138. The molecule has 6 heteroatoms. The third-order valence-electron chi connectivity index (χ3n) is 2.69. The molecule has 0 aliphatic rings. The second-order valence-electron chi connectivity index (χ2n) is 4.06. The number of amides is 1. The van der Waals surface area contributed by atoms with Gasteiger partial charge in [0, 0.05) is 11.9 Å². The summed E-state index contributed by atoms with van der Waals surface area (Å²) < 4.78 is 5.27. The van der Waals surface area contributed by atoms with Gasteiger partial charge < -0.3 is 15.2 Å². The molecule has 0 fully saturated rings. The zero-order valence-corrected chi connectivity index (χ0v) is 10.9. The van der Waals surface area contributed by atoms with Gasteiger partial charge in [0.1, 0.15) is 5.56 Å². The summed E-state index contributed by atoms with van der Waals surface area (Å²) in [4.78, 5) is 26.9. The predicted molar refractivity (Wildman–Crippen MR) is 72.9 cm³/mol. The molecule has 1 aromatic carbocycles. The monoisotopic (exact) mass is 274 g/mol. The van der Waals surface area contributed by atoms with E-state index in [1.807, 2.05) is 0 Å². The van der Waals surface area contributed by atoms with E-state index in [4.69, 9.17) is 4.74 Å². The number of ether oxygens (including phenoxy) is 1. The lowest BCUT2D eigenvalue weighted by atomic mass is 10.1. The Kier molecular flexibility index (Phi) is 4.14. The normalized spacial score (nSPS) is 10.2. The highest BCUT2D eigenvalue weighted by Crippen LogP contribution is 2.26. The number of carbonyl (C=O) groups is 2. The molecule has 0 bridgehead atoms. The molecule has 0 atom stereocenters. The summed E-state index contributed by atoms with van der Waals surface area (Å²) in [5, 5.41) is 12.4. The maximum atomic E-state index is 11.4. The molecule has 1 amide bonds. The van der Waals surface area contributed by atoms with Crippen molar-refractivity contribution in [1.29, 1.82) is 0 Å². The molecule has 0 saturated heterocycles. The Balaban J connectivity index is 2.35. The van der Waals surface area contributed by atoms with Gasteiger partial charge in [-0.3, -0.25) is 9.78 Å². The first-order valence-electron chi connectivity index (χ1n) is 6.14. The number of aromatic nitrogens is 1. The fraction of sp³-hybridized carbons (Fsp3) is 0.214. The average molecular weight is 274 g/mol. The number of nitrogens with one attached hydrogen (secondary N) is 1. The Hall–Kier alpha value is -2.63. The van der Waals surface area contributed by atoms with E-state index in [9.17, 15) is 14.7 Å². The molecule has 0 aliphatic heterocycles. The Morgan fingerprint density at radius 3 is 2.80 bits per heavy atom. The number of nitrogens with zero attached hydrogens (tertiary/aromatic N) is 1. The van der Waals surface area contributed by atoms with E-state index in [2.05, 4.69) is 10.3 Å². The number of pyridine rings is 1. The largest absolute Gasteiger partial charge is 0.481 e. The highest BCUT2D eigenvalue weighted by molar-refractivity contribution is 6.04. The first-order valence-corrected chi connectivity index (χ1v) is 6.14. The lowest BCUT2D eigenvalue weighted by Gasteiger charge is -2.10. The standard InChI is InChI=1S/C14H14N2O4/c1-2-15-12(17)8-20-11-7-16-10-6-4-3-5-9(10)13(11)14(18)19/h3-7H,2,8H2,1H3,(H,15,17)(H,18,19). The number of carboxylic acid groups (broad SMARTS) is 1. The van der Waals surface area contributed by atoms with Crippen molar-refractivity contribution < 1.29 is 19.4 Å². The number of likely N-dealkylation sites (N-methyl/N-ethyl adjacent to an activating group) is 1. The van der Waals surface area contributed by atoms with Crippen LogP contribution in [0.25, 0.3) is 10.9 Å². The maximum Gasteiger partial charge on any atom is 0.340 e. The van der Waals surface area contributed by atoms with Crippen LogP contribution in [0.2, 0.25) is 0 Å². The molecular formula is C14H14N2O4. The smallest absolute Gasteiger partial charge is 0.340 e. The minimum atomic E-state index is -1.12. The van der Waals surface area contributed by atoms with Gasteiger partial charge in [0.05, 0.1) is 11.7 Å². The fourth-order valence-electron chi connectivity index (χ4n) is 1.84. The molecule has 0 spiro atoms. The van der Waals surface area contributed by atoms with E-state index < -0.39 is 5.97 Å². The van der Waals surface area contributed by atoms with Crippen LogP contribution in [0, 0.1) is 0 Å². The van der Waals surface area contributed by atoms with Crippen molar-refractivity contribution in [3.63, 3.8) is 0 Å². The van der Waals surface area contributed by atoms with Crippen molar-refractivity contribution in [2.75, 3.05) is 13.2 Å². The second kappa shape index (κ2) is 6.01. The van der Waals surface area contributed by atoms with Crippen molar-refractivity contribution in [3.05, 3.63) is 36.0 Å². The van der Waals surface area contributed by atoms with Crippen LogP contribution in [-0.2, 0) is 4.79 Å². The quantitative estimate of drug-likeness (QED) is 0.861. The number of benzene rings is 1. The van der Waals surface area contributed by atoms with Crippen LogP contribution in [0.1, 0.15) is 17.3 Å². The maximum absolute atomic E-state index is 11.4. The molecule has 2 N–H and O–H groups in total. The summed E-state index contributed by atoms with van der Waals surface area (Å²) >= 11 is 0. The van der Waals surface area contributed by atoms with Gasteiger partial charge in [-0.05, 0) is 13.0 Å². The van der Waals surface area contributed by atoms with Gasteiger partial charge in [0.25, 0.3) is 5.91 Å². The zero-order chi connectivity index (χ0) is 14.5. The lowest BCUT2D eigenvalue weighted by molar-refractivity contribution is -0.123. The Morgan fingerprint density at radius 2 is 2.10 bits per heavy atom. The van der Waals surface area contributed by atoms with Gasteiger partial charge in [-0.2, -0.15) is 0 Å². The van der Waals surface area contributed by atoms with Crippen molar-refractivity contribution in [1.82, 2.24) is 10.3 Å². The van der Waals surface area contributed by atoms with Crippen molar-refractivity contribution >= 4 is 22.8 Å². The molecular weight excluding hydrogens is 260 g/mol. The van der Waals surface area contributed by atoms with E-state index in [-0.39, 0.29) is 23.8 Å². The molecule has 0 unspecified atom stereocenters. The number of carbonyl (C=O) groups excluding carboxylic acids is 1. The van der Waals surface area contributed by atoms with E-state index in [1.165, 1.54) is 6.20 Å². The number of carboxylic acids is 1. The first kappa shape index (κ1) is 13.8. The van der Waals surface area contributed by atoms with Gasteiger partial charge in [0.2, 0.25) is 0 Å². The van der Waals surface area contributed by atoms with Gasteiger partial charge in [-0.15, -0.1) is 0 Å². The van der Waals surface area contributed by atoms with Crippen LogP contribution in [0.5, 0.6) is 5.75 Å². The number of aromatic carboxylic acids is 1. The van der Waals surface area contributed by atoms with Gasteiger partial charge in [-0.25, -0.2) is 4.79 Å². The van der Waals surface area contributed by atoms with Gasteiger partial charge in [-0.1, -0.05) is 18.2 Å². The number of hydrogen-bond donors (Lipinski definition) is 2. The third-order valence-corrected chi connectivity index (χ3v) is 2.69. The lowest BCUT2D eigenvalue weighted by Crippen LogP contribution is -2.28. The molecule has 0 aliphatic carbocycles. The van der Waals surface area contributed by atoms with E-state index >= 15 is 0 Å². The zero-order valence-electron chi connectivity index (χ0n) is 10.9. The van der Waals surface area contributed by atoms with Crippen LogP contribution in [0.15, 0.2) is 30.5 Å². The van der Waals surface area contributed by atoms with E-state index in [0.717, 1.165) is 0 Å². The predicted octanol–water partition coefficient (Wildman–Crippen LogP) is 1.45. The van der Waals surface area contributed by atoms with Crippen LogP contribution >= 0.6 is 0 Å². The molecule has 2 rings (SSSR count).